The molecule has 1 aromatic carbocycles. The summed E-state index contributed by atoms with van der Waals surface area (Å²) >= 11 is 0. The Hall–Kier alpha value is -1.39. The van der Waals surface area contributed by atoms with Gasteiger partial charge in [-0.05, 0) is 31.5 Å². The lowest BCUT2D eigenvalue weighted by atomic mass is 10.2. The van der Waals surface area contributed by atoms with Crippen molar-refractivity contribution in [3.05, 3.63) is 35.9 Å². The van der Waals surface area contributed by atoms with E-state index >= 15 is 0 Å². The van der Waals surface area contributed by atoms with Crippen LogP contribution in [0, 0.1) is 0 Å². The molecule has 2 saturated heterocycles. The van der Waals surface area contributed by atoms with Gasteiger partial charge in [0.25, 0.3) is 0 Å². The van der Waals surface area contributed by atoms with Gasteiger partial charge in [0, 0.05) is 45.7 Å². The monoisotopic (exact) mass is 329 g/mol. The minimum absolute atomic E-state index is 0.346. The van der Waals surface area contributed by atoms with Gasteiger partial charge in [0.05, 0.1) is 0 Å². The van der Waals surface area contributed by atoms with Gasteiger partial charge in [-0.25, -0.2) is 0 Å². The van der Waals surface area contributed by atoms with Crippen molar-refractivity contribution in [3.63, 3.8) is 0 Å². The van der Waals surface area contributed by atoms with Gasteiger partial charge in [-0.2, -0.15) is 0 Å². The molecule has 0 bridgehead atoms. The van der Waals surface area contributed by atoms with Crippen LogP contribution in [-0.4, -0.2) is 66.4 Å². The number of likely N-dealkylation sites (tertiary alicyclic amines) is 1. The Balaban J connectivity index is 1.37. The van der Waals surface area contributed by atoms with E-state index in [1.807, 2.05) is 0 Å². The molecule has 0 spiro atoms. The van der Waals surface area contributed by atoms with Crippen molar-refractivity contribution in [1.29, 1.82) is 0 Å². The summed E-state index contributed by atoms with van der Waals surface area (Å²) in [6, 6.07) is 10.6. The highest BCUT2D eigenvalue weighted by Crippen LogP contribution is 2.12. The van der Waals surface area contributed by atoms with Crippen molar-refractivity contribution >= 4 is 5.91 Å². The van der Waals surface area contributed by atoms with Gasteiger partial charge >= 0.3 is 0 Å². The van der Waals surface area contributed by atoms with Gasteiger partial charge in [0.2, 0.25) is 5.91 Å². The van der Waals surface area contributed by atoms with Crippen LogP contribution < -0.4 is 0 Å². The summed E-state index contributed by atoms with van der Waals surface area (Å²) in [7, 11) is 0. The topological polar surface area (TPSA) is 26.8 Å². The lowest BCUT2D eigenvalue weighted by molar-refractivity contribution is -0.133. The van der Waals surface area contributed by atoms with Crippen LogP contribution in [-0.2, 0) is 11.3 Å². The molecule has 0 atom stereocenters. The van der Waals surface area contributed by atoms with Crippen molar-refractivity contribution < 1.29 is 4.79 Å². The molecule has 0 saturated carbocycles. The molecule has 132 valence electrons. The average molecular weight is 329 g/mol. The van der Waals surface area contributed by atoms with E-state index in [1.165, 1.54) is 44.3 Å². The molecule has 1 aromatic rings. The van der Waals surface area contributed by atoms with Crippen molar-refractivity contribution in [1.82, 2.24) is 14.7 Å². The molecule has 2 fully saturated rings. The molecule has 2 heterocycles. The minimum Gasteiger partial charge on any atom is -0.340 e. The van der Waals surface area contributed by atoms with Crippen LogP contribution in [0.3, 0.4) is 0 Å². The number of hydrogen-bond donors (Lipinski definition) is 0. The summed E-state index contributed by atoms with van der Waals surface area (Å²) in [4.78, 5) is 19.5. The van der Waals surface area contributed by atoms with Gasteiger partial charge in [0.1, 0.15) is 0 Å². The molecular formula is C20H31N3O. The summed E-state index contributed by atoms with van der Waals surface area (Å²) in [5.74, 6) is 0.346. The Morgan fingerprint density at radius 3 is 2.12 bits per heavy atom. The van der Waals surface area contributed by atoms with Crippen molar-refractivity contribution in [2.24, 2.45) is 0 Å². The van der Waals surface area contributed by atoms with E-state index in [9.17, 15) is 4.79 Å². The molecule has 4 nitrogen and oxygen atoms in total. The SMILES string of the molecule is O=C(CCN1CCCCCC1)N1CCN(Cc2ccccc2)CC1. The van der Waals surface area contributed by atoms with E-state index in [1.54, 1.807) is 0 Å². The van der Waals surface area contributed by atoms with Crippen LogP contribution in [0.2, 0.25) is 0 Å². The van der Waals surface area contributed by atoms with E-state index in [0.717, 1.165) is 39.3 Å². The van der Waals surface area contributed by atoms with Gasteiger partial charge in [0.15, 0.2) is 0 Å². The largest absolute Gasteiger partial charge is 0.340 e. The number of hydrogen-bond acceptors (Lipinski definition) is 3. The third-order valence-corrected chi connectivity index (χ3v) is 5.31. The summed E-state index contributed by atoms with van der Waals surface area (Å²) < 4.78 is 0. The van der Waals surface area contributed by atoms with Crippen molar-refractivity contribution in [3.8, 4) is 0 Å². The maximum absolute atomic E-state index is 12.5. The zero-order valence-corrected chi connectivity index (χ0v) is 14.8. The van der Waals surface area contributed by atoms with Crippen LogP contribution in [0.4, 0.5) is 0 Å². The fraction of sp³-hybridized carbons (Fsp3) is 0.650. The first-order valence-corrected chi connectivity index (χ1v) is 9.58. The van der Waals surface area contributed by atoms with E-state index in [-0.39, 0.29) is 0 Å². The number of piperazine rings is 1. The summed E-state index contributed by atoms with van der Waals surface area (Å²) in [6.45, 7) is 8.04. The van der Waals surface area contributed by atoms with Gasteiger partial charge in [-0.15, -0.1) is 0 Å². The number of benzene rings is 1. The molecule has 0 unspecified atom stereocenters. The first-order chi connectivity index (χ1) is 11.8. The Labute approximate surface area is 146 Å². The molecule has 3 rings (SSSR count). The highest BCUT2D eigenvalue weighted by atomic mass is 16.2. The normalized spacial score (nSPS) is 20.8. The molecule has 1 amide bonds. The Morgan fingerprint density at radius 2 is 1.46 bits per heavy atom. The zero-order chi connectivity index (χ0) is 16.6. The molecule has 4 heteroatoms. The maximum atomic E-state index is 12.5. The summed E-state index contributed by atoms with van der Waals surface area (Å²) in [5.41, 5.74) is 1.36. The minimum atomic E-state index is 0.346. The molecule has 2 aliphatic rings. The van der Waals surface area contributed by atoms with Crippen LogP contribution in [0.1, 0.15) is 37.7 Å². The second-order valence-electron chi connectivity index (χ2n) is 7.15. The number of rotatable bonds is 5. The highest BCUT2D eigenvalue weighted by Gasteiger charge is 2.21. The summed E-state index contributed by atoms with van der Waals surface area (Å²) in [6.07, 6.45) is 6.00. The first-order valence-electron chi connectivity index (χ1n) is 9.58. The fourth-order valence-electron chi connectivity index (χ4n) is 3.77. The van der Waals surface area contributed by atoms with Crippen LogP contribution in [0.25, 0.3) is 0 Å². The van der Waals surface area contributed by atoms with Crippen LogP contribution >= 0.6 is 0 Å². The van der Waals surface area contributed by atoms with Gasteiger partial charge in [-0.1, -0.05) is 43.2 Å². The Morgan fingerprint density at radius 1 is 0.792 bits per heavy atom. The van der Waals surface area contributed by atoms with Crippen LogP contribution in [0.15, 0.2) is 30.3 Å². The van der Waals surface area contributed by atoms with E-state index < -0.39 is 0 Å². The van der Waals surface area contributed by atoms with Crippen molar-refractivity contribution in [2.45, 2.75) is 38.6 Å². The van der Waals surface area contributed by atoms with Crippen LogP contribution in [0.5, 0.6) is 0 Å². The molecule has 0 aliphatic carbocycles. The van der Waals surface area contributed by atoms with Gasteiger partial charge < -0.3 is 9.80 Å². The molecule has 2 aliphatic heterocycles. The van der Waals surface area contributed by atoms with E-state index in [0.29, 0.717) is 12.3 Å². The maximum Gasteiger partial charge on any atom is 0.223 e. The molecule has 24 heavy (non-hydrogen) atoms. The van der Waals surface area contributed by atoms with Crippen molar-refractivity contribution in [2.75, 3.05) is 45.8 Å². The van der Waals surface area contributed by atoms with E-state index in [2.05, 4.69) is 45.0 Å². The number of amides is 1. The third-order valence-electron chi connectivity index (χ3n) is 5.31. The number of carbonyl (C=O) groups excluding carboxylic acids is 1. The lowest BCUT2D eigenvalue weighted by Gasteiger charge is -2.35. The fourth-order valence-corrected chi connectivity index (χ4v) is 3.77. The third kappa shape index (κ3) is 5.32. The average Bonchev–Trinajstić information content (AvgIpc) is 2.90. The Bertz CT molecular complexity index is 489. The quantitative estimate of drug-likeness (QED) is 0.831. The molecule has 0 aromatic heterocycles. The lowest BCUT2D eigenvalue weighted by Crippen LogP contribution is -2.48. The zero-order valence-electron chi connectivity index (χ0n) is 14.8. The molecule has 0 radical (unpaired) electrons. The number of nitrogens with zero attached hydrogens (tertiary/aromatic N) is 3. The molecular weight excluding hydrogens is 298 g/mol. The second kappa shape index (κ2) is 9.19. The van der Waals surface area contributed by atoms with E-state index in [4.69, 9.17) is 0 Å². The highest BCUT2D eigenvalue weighted by molar-refractivity contribution is 5.76. The Kier molecular flexibility index (Phi) is 6.67. The smallest absolute Gasteiger partial charge is 0.223 e. The van der Waals surface area contributed by atoms with Gasteiger partial charge in [-0.3, -0.25) is 9.69 Å². The number of carbonyl (C=O) groups is 1. The predicted octanol–water partition coefficient (Wildman–Crippen LogP) is 2.60. The standard InChI is InChI=1S/C20H31N3O/c24-20(10-13-21-11-6-1-2-7-12-21)23-16-14-22(15-17-23)18-19-8-4-3-5-9-19/h3-5,8-9H,1-2,6-7,10-18H2. The predicted molar refractivity (Wildman–Crippen MR) is 97.8 cm³/mol. The first kappa shape index (κ1) is 17.4. The molecule has 0 N–H and O–H groups in total. The second-order valence-corrected chi connectivity index (χ2v) is 7.15. The summed E-state index contributed by atoms with van der Waals surface area (Å²) in [5, 5.41) is 0.